The Morgan fingerprint density at radius 1 is 1.34 bits per heavy atom. The van der Waals surface area contributed by atoms with Crippen LogP contribution in [-0.2, 0) is 9.59 Å². The number of carboxylic acids is 1. The Labute approximate surface area is 177 Å². The molecule has 29 heavy (non-hydrogen) atoms. The summed E-state index contributed by atoms with van der Waals surface area (Å²) in [4.78, 5) is 33.4. The summed E-state index contributed by atoms with van der Waals surface area (Å²) < 4.78 is 1.84. The normalized spacial score (nSPS) is 12.0. The Morgan fingerprint density at radius 2 is 2.10 bits per heavy atom. The van der Waals surface area contributed by atoms with Crippen LogP contribution in [0.3, 0.4) is 0 Å². The van der Waals surface area contributed by atoms with E-state index in [0.717, 1.165) is 11.1 Å². The average molecular weight is 436 g/mol. The van der Waals surface area contributed by atoms with Crippen LogP contribution in [-0.4, -0.2) is 51.2 Å². The molecule has 2 heterocycles. The maximum absolute atomic E-state index is 12.0. The highest BCUT2D eigenvalue weighted by Gasteiger charge is 2.17. The van der Waals surface area contributed by atoms with Crippen molar-refractivity contribution < 1.29 is 14.7 Å². The zero-order chi connectivity index (χ0) is 21.1. The van der Waals surface area contributed by atoms with Crippen LogP contribution in [0.25, 0.3) is 16.6 Å². The summed E-state index contributed by atoms with van der Waals surface area (Å²) in [5, 5.41) is 12.9. The van der Waals surface area contributed by atoms with E-state index in [0.29, 0.717) is 27.9 Å². The minimum absolute atomic E-state index is 0.109. The first kappa shape index (κ1) is 20.9. The van der Waals surface area contributed by atoms with Crippen LogP contribution in [0.5, 0.6) is 0 Å². The molecule has 0 unspecified atom stereocenters. The van der Waals surface area contributed by atoms with Gasteiger partial charge >= 0.3 is 5.97 Å². The third kappa shape index (κ3) is 4.60. The lowest BCUT2D eigenvalue weighted by molar-refractivity contribution is -0.141. The van der Waals surface area contributed by atoms with E-state index in [1.165, 1.54) is 6.92 Å². The lowest BCUT2D eigenvalue weighted by Gasteiger charge is -2.21. The SMILES string of the molecule is C[C@H](NC(=O)CCN(C)c1cc(-n2ccnc2)c2ccc(Cl)c(Cl)c2n1)C(=O)O. The lowest BCUT2D eigenvalue weighted by Crippen LogP contribution is -2.39. The van der Waals surface area contributed by atoms with Gasteiger partial charge in [-0.05, 0) is 19.1 Å². The van der Waals surface area contributed by atoms with E-state index in [-0.39, 0.29) is 12.3 Å². The molecular weight excluding hydrogens is 417 g/mol. The van der Waals surface area contributed by atoms with Crippen molar-refractivity contribution in [3.8, 4) is 5.69 Å². The predicted octanol–water partition coefficient (Wildman–Crippen LogP) is 3.14. The zero-order valence-corrected chi connectivity index (χ0v) is 17.3. The van der Waals surface area contributed by atoms with Gasteiger partial charge in [0, 0.05) is 43.9 Å². The third-order valence-electron chi connectivity index (χ3n) is 4.43. The van der Waals surface area contributed by atoms with Gasteiger partial charge in [0.25, 0.3) is 0 Å². The highest BCUT2D eigenvalue weighted by Crippen LogP contribution is 2.34. The summed E-state index contributed by atoms with van der Waals surface area (Å²) >= 11 is 12.6. The van der Waals surface area contributed by atoms with Gasteiger partial charge in [0.1, 0.15) is 11.9 Å². The van der Waals surface area contributed by atoms with Crippen molar-refractivity contribution in [1.82, 2.24) is 19.9 Å². The molecule has 0 aliphatic heterocycles. The summed E-state index contributed by atoms with van der Waals surface area (Å²) in [5.74, 6) is -0.854. The molecule has 0 aliphatic carbocycles. The number of nitrogens with zero attached hydrogens (tertiary/aromatic N) is 4. The number of anilines is 1. The minimum Gasteiger partial charge on any atom is -0.480 e. The standard InChI is InChI=1S/C19H19Cl2N5O3/c1-11(19(28)29)23-16(27)5-7-25(2)15-9-14(26-8-6-22-10-26)12-3-4-13(20)17(21)18(12)24-15/h3-4,6,8-11H,5,7H2,1-2H3,(H,23,27)(H,28,29)/t11-/m0/s1. The van der Waals surface area contributed by atoms with Crippen LogP contribution in [0.4, 0.5) is 5.82 Å². The maximum atomic E-state index is 12.0. The van der Waals surface area contributed by atoms with Crippen LogP contribution in [0.1, 0.15) is 13.3 Å². The Morgan fingerprint density at radius 3 is 2.76 bits per heavy atom. The topological polar surface area (TPSA) is 100 Å². The summed E-state index contributed by atoms with van der Waals surface area (Å²) in [7, 11) is 1.79. The maximum Gasteiger partial charge on any atom is 0.325 e. The number of aliphatic carboxylic acids is 1. The van der Waals surface area contributed by atoms with Crippen molar-refractivity contribution in [2.45, 2.75) is 19.4 Å². The predicted molar refractivity (Wildman–Crippen MR) is 112 cm³/mol. The molecule has 0 saturated heterocycles. The fourth-order valence-electron chi connectivity index (χ4n) is 2.77. The van der Waals surface area contributed by atoms with Gasteiger partial charge in [-0.2, -0.15) is 0 Å². The number of amides is 1. The van der Waals surface area contributed by atoms with Crippen molar-refractivity contribution in [2.75, 3.05) is 18.5 Å². The highest BCUT2D eigenvalue weighted by molar-refractivity contribution is 6.45. The molecule has 3 aromatic rings. The van der Waals surface area contributed by atoms with Crippen LogP contribution < -0.4 is 10.2 Å². The second kappa shape index (κ2) is 8.67. The molecule has 0 fully saturated rings. The second-order valence-corrected chi connectivity index (χ2v) is 7.31. The summed E-state index contributed by atoms with van der Waals surface area (Å²) in [6.45, 7) is 1.75. The minimum atomic E-state index is -1.08. The summed E-state index contributed by atoms with van der Waals surface area (Å²) in [6.07, 6.45) is 5.25. The smallest absolute Gasteiger partial charge is 0.325 e. The van der Waals surface area contributed by atoms with Crippen molar-refractivity contribution in [3.63, 3.8) is 0 Å². The number of pyridine rings is 1. The number of rotatable bonds is 7. The van der Waals surface area contributed by atoms with Crippen molar-refractivity contribution >= 4 is 51.8 Å². The molecule has 2 N–H and O–H groups in total. The van der Waals surface area contributed by atoms with Gasteiger partial charge in [-0.3, -0.25) is 9.59 Å². The Bertz CT molecular complexity index is 1060. The number of benzene rings is 1. The number of imidazole rings is 1. The van der Waals surface area contributed by atoms with Crippen molar-refractivity contribution in [3.05, 3.63) is 47.0 Å². The fourth-order valence-corrected chi connectivity index (χ4v) is 3.13. The van der Waals surface area contributed by atoms with Gasteiger partial charge < -0.3 is 19.9 Å². The van der Waals surface area contributed by atoms with E-state index in [2.05, 4.69) is 15.3 Å². The monoisotopic (exact) mass is 435 g/mol. The first-order chi connectivity index (χ1) is 13.8. The molecule has 0 spiro atoms. The molecule has 1 amide bonds. The van der Waals surface area contributed by atoms with E-state index in [1.54, 1.807) is 30.5 Å². The molecule has 0 saturated carbocycles. The Kier molecular flexibility index (Phi) is 6.24. The zero-order valence-electron chi connectivity index (χ0n) is 15.8. The molecule has 10 heteroatoms. The quantitative estimate of drug-likeness (QED) is 0.590. The number of carboxylic acid groups (broad SMARTS) is 1. The highest BCUT2D eigenvalue weighted by atomic mass is 35.5. The fraction of sp³-hybridized carbons (Fsp3) is 0.263. The molecule has 152 valence electrons. The largest absolute Gasteiger partial charge is 0.480 e. The van der Waals surface area contributed by atoms with Crippen LogP contribution >= 0.6 is 23.2 Å². The average Bonchev–Trinajstić information content (AvgIpc) is 3.22. The number of hydrogen-bond donors (Lipinski definition) is 2. The van der Waals surface area contributed by atoms with E-state index in [1.807, 2.05) is 22.9 Å². The number of aromatic nitrogens is 3. The number of hydrogen-bond acceptors (Lipinski definition) is 5. The molecule has 1 aromatic carbocycles. The van der Waals surface area contributed by atoms with E-state index in [9.17, 15) is 9.59 Å². The van der Waals surface area contributed by atoms with Gasteiger partial charge in [-0.25, -0.2) is 9.97 Å². The number of halogens is 2. The number of nitrogens with one attached hydrogen (secondary N) is 1. The molecule has 8 nitrogen and oxygen atoms in total. The molecule has 0 radical (unpaired) electrons. The Hall–Kier alpha value is -2.84. The first-order valence-electron chi connectivity index (χ1n) is 8.78. The van der Waals surface area contributed by atoms with Gasteiger partial charge in [-0.15, -0.1) is 0 Å². The molecule has 1 atom stereocenters. The Balaban J connectivity index is 1.90. The number of fused-ring (bicyclic) bond motifs is 1. The van der Waals surface area contributed by atoms with Gasteiger partial charge in [-0.1, -0.05) is 23.2 Å². The first-order valence-corrected chi connectivity index (χ1v) is 9.54. The van der Waals surface area contributed by atoms with Gasteiger partial charge in [0.05, 0.1) is 27.6 Å². The number of carbonyl (C=O) groups is 2. The van der Waals surface area contributed by atoms with Crippen LogP contribution in [0.15, 0.2) is 36.9 Å². The molecule has 3 rings (SSSR count). The molecule has 0 bridgehead atoms. The van der Waals surface area contributed by atoms with Crippen molar-refractivity contribution in [1.29, 1.82) is 0 Å². The lowest BCUT2D eigenvalue weighted by atomic mass is 10.1. The van der Waals surface area contributed by atoms with E-state index < -0.39 is 12.0 Å². The van der Waals surface area contributed by atoms with E-state index >= 15 is 0 Å². The summed E-state index contributed by atoms with van der Waals surface area (Å²) in [5.41, 5.74) is 1.35. The van der Waals surface area contributed by atoms with Crippen LogP contribution in [0, 0.1) is 0 Å². The van der Waals surface area contributed by atoms with Crippen LogP contribution in [0.2, 0.25) is 10.0 Å². The van der Waals surface area contributed by atoms with Crippen molar-refractivity contribution in [2.24, 2.45) is 0 Å². The van der Waals surface area contributed by atoms with Gasteiger partial charge in [0.15, 0.2) is 0 Å². The van der Waals surface area contributed by atoms with E-state index in [4.69, 9.17) is 28.3 Å². The second-order valence-electron chi connectivity index (χ2n) is 6.53. The third-order valence-corrected chi connectivity index (χ3v) is 5.23. The number of carbonyl (C=O) groups excluding carboxylic acids is 1. The van der Waals surface area contributed by atoms with Gasteiger partial charge in [0.2, 0.25) is 5.91 Å². The molecule has 0 aliphatic rings. The molecular formula is C19H19Cl2N5O3. The summed E-state index contributed by atoms with van der Waals surface area (Å²) in [6, 6.07) is 4.48. The molecule has 2 aromatic heterocycles.